The first-order valence-corrected chi connectivity index (χ1v) is 6.56. The van der Waals surface area contributed by atoms with Crippen molar-refractivity contribution in [1.29, 1.82) is 0 Å². The fraction of sp³-hybridized carbons (Fsp3) is 0.818. The molecule has 1 aliphatic heterocycles. The van der Waals surface area contributed by atoms with Gasteiger partial charge in [0.1, 0.15) is 17.3 Å². The highest BCUT2D eigenvalue weighted by atomic mass is 32.2. The monoisotopic (exact) mass is 203 g/mol. The molecule has 0 aromatic heterocycles. The minimum Gasteiger partial charge on any atom is -0.207 e. The van der Waals surface area contributed by atoms with Gasteiger partial charge in [0.15, 0.2) is 5.25 Å². The lowest BCUT2D eigenvalue weighted by Crippen LogP contribution is -2.36. The molecular formula is C11H20FS+. The van der Waals surface area contributed by atoms with E-state index in [1.54, 1.807) is 0 Å². The molecular weight excluding hydrogens is 183 g/mol. The molecule has 1 atom stereocenters. The van der Waals surface area contributed by atoms with Crippen LogP contribution in [-0.2, 0) is 10.9 Å². The molecule has 1 unspecified atom stereocenters. The molecule has 76 valence electrons. The Morgan fingerprint density at radius 1 is 1.31 bits per heavy atom. The topological polar surface area (TPSA) is 0 Å². The molecule has 0 aromatic carbocycles. The Kier molecular flexibility index (Phi) is 3.44. The van der Waals surface area contributed by atoms with Crippen LogP contribution in [0.3, 0.4) is 0 Å². The number of hydrogen-bond acceptors (Lipinski definition) is 0. The predicted octanol–water partition coefficient (Wildman–Crippen LogP) is 3.30. The molecule has 0 saturated carbocycles. The second-order valence-corrected chi connectivity index (χ2v) is 7.21. The van der Waals surface area contributed by atoms with Crippen LogP contribution in [-0.4, -0.2) is 16.8 Å². The molecule has 0 spiro atoms. The van der Waals surface area contributed by atoms with Gasteiger partial charge in [-0.05, 0) is 23.7 Å². The maximum Gasteiger partial charge on any atom is 0.173 e. The van der Waals surface area contributed by atoms with Crippen LogP contribution < -0.4 is 0 Å². The highest BCUT2D eigenvalue weighted by Gasteiger charge is 2.43. The lowest BCUT2D eigenvalue weighted by molar-refractivity contribution is 0.381. The van der Waals surface area contributed by atoms with Crippen LogP contribution >= 0.6 is 0 Å². The molecule has 0 radical (unpaired) electrons. The Bertz CT molecular complexity index is 187. The molecule has 13 heavy (non-hydrogen) atoms. The maximum absolute atomic E-state index is 13.3. The Morgan fingerprint density at radius 2 is 1.77 bits per heavy atom. The molecule has 1 heterocycles. The molecule has 0 amide bonds. The first kappa shape index (κ1) is 11.1. The van der Waals surface area contributed by atoms with E-state index >= 15 is 0 Å². The van der Waals surface area contributed by atoms with E-state index in [2.05, 4.69) is 27.4 Å². The minimum atomic E-state index is -0.0993. The van der Waals surface area contributed by atoms with Crippen molar-refractivity contribution >= 4 is 10.9 Å². The van der Waals surface area contributed by atoms with E-state index in [0.29, 0.717) is 0 Å². The van der Waals surface area contributed by atoms with Crippen LogP contribution in [0.1, 0.15) is 33.6 Å². The van der Waals surface area contributed by atoms with Crippen molar-refractivity contribution in [1.82, 2.24) is 0 Å². The van der Waals surface area contributed by atoms with Crippen molar-refractivity contribution in [2.24, 2.45) is 5.41 Å². The summed E-state index contributed by atoms with van der Waals surface area (Å²) in [7, 11) is 0.261. The fourth-order valence-electron chi connectivity index (χ4n) is 2.06. The lowest BCUT2D eigenvalue weighted by Gasteiger charge is -2.26. The molecule has 1 rings (SSSR count). The second-order valence-electron chi connectivity index (χ2n) is 4.85. The van der Waals surface area contributed by atoms with Gasteiger partial charge in [-0.25, -0.2) is 4.39 Å². The van der Waals surface area contributed by atoms with E-state index < -0.39 is 0 Å². The van der Waals surface area contributed by atoms with Crippen LogP contribution in [0, 0.1) is 5.41 Å². The molecule has 0 nitrogen and oxygen atoms in total. The highest BCUT2D eigenvalue weighted by Crippen LogP contribution is 2.35. The van der Waals surface area contributed by atoms with Crippen molar-refractivity contribution in [2.45, 2.75) is 38.9 Å². The number of hydrogen-bond donors (Lipinski definition) is 0. The van der Waals surface area contributed by atoms with Crippen LogP contribution in [0.5, 0.6) is 0 Å². The third kappa shape index (κ3) is 2.73. The van der Waals surface area contributed by atoms with Gasteiger partial charge in [0, 0.05) is 5.41 Å². The summed E-state index contributed by atoms with van der Waals surface area (Å²) >= 11 is 0. The van der Waals surface area contributed by atoms with Crippen molar-refractivity contribution < 1.29 is 4.39 Å². The SMILES string of the molecule is C=C(F)C([S+]1CCCC1)C(C)(C)C. The number of halogens is 1. The smallest absolute Gasteiger partial charge is 0.173 e. The molecule has 2 heteroatoms. The zero-order valence-corrected chi connectivity index (χ0v) is 9.72. The van der Waals surface area contributed by atoms with Gasteiger partial charge in [-0.1, -0.05) is 27.4 Å². The molecule has 0 aromatic rings. The zero-order chi connectivity index (χ0) is 10.1. The van der Waals surface area contributed by atoms with Crippen molar-refractivity contribution in [2.75, 3.05) is 11.5 Å². The lowest BCUT2D eigenvalue weighted by atomic mass is 9.91. The number of rotatable bonds is 2. The van der Waals surface area contributed by atoms with Crippen LogP contribution in [0.15, 0.2) is 12.4 Å². The Morgan fingerprint density at radius 3 is 2.08 bits per heavy atom. The van der Waals surface area contributed by atoms with E-state index in [9.17, 15) is 4.39 Å². The molecule has 0 bridgehead atoms. The van der Waals surface area contributed by atoms with Gasteiger partial charge in [0.2, 0.25) is 0 Å². The third-order valence-corrected chi connectivity index (χ3v) is 5.72. The normalized spacial score (nSPS) is 21.8. The summed E-state index contributed by atoms with van der Waals surface area (Å²) in [5, 5.41) is 0.0926. The van der Waals surface area contributed by atoms with E-state index in [1.165, 1.54) is 24.3 Å². The van der Waals surface area contributed by atoms with Crippen molar-refractivity contribution in [3.8, 4) is 0 Å². The van der Waals surface area contributed by atoms with Gasteiger partial charge in [-0.2, -0.15) is 0 Å². The molecule has 1 saturated heterocycles. The first-order chi connectivity index (χ1) is 5.93. The van der Waals surface area contributed by atoms with Gasteiger partial charge in [-0.3, -0.25) is 0 Å². The Balaban J connectivity index is 2.72. The van der Waals surface area contributed by atoms with Crippen LogP contribution in [0.25, 0.3) is 0 Å². The molecule has 1 fully saturated rings. The first-order valence-electron chi connectivity index (χ1n) is 4.93. The Hall–Kier alpha value is 0.0200. The summed E-state index contributed by atoms with van der Waals surface area (Å²) < 4.78 is 13.3. The van der Waals surface area contributed by atoms with Crippen LogP contribution in [0.2, 0.25) is 0 Å². The Labute approximate surface area is 83.9 Å². The quantitative estimate of drug-likeness (QED) is 0.604. The maximum atomic E-state index is 13.3. The van der Waals surface area contributed by atoms with E-state index in [1.807, 2.05) is 0 Å². The summed E-state index contributed by atoms with van der Waals surface area (Å²) in [5.74, 6) is 2.33. The van der Waals surface area contributed by atoms with Crippen molar-refractivity contribution in [3.05, 3.63) is 12.4 Å². The molecule has 0 N–H and O–H groups in total. The average Bonchev–Trinajstić information content (AvgIpc) is 2.34. The minimum absolute atomic E-state index is 0.0410. The standard InChI is InChI=1S/C11H20FS/c1-9(12)10(11(2,3)4)13-7-5-6-8-13/h10H,1,5-8H2,2-4H3/q+1. The predicted molar refractivity (Wildman–Crippen MR) is 59.8 cm³/mol. The van der Waals surface area contributed by atoms with Gasteiger partial charge in [-0.15, -0.1) is 0 Å². The summed E-state index contributed by atoms with van der Waals surface area (Å²) in [4.78, 5) is 0. The molecule has 1 aliphatic rings. The largest absolute Gasteiger partial charge is 0.207 e. The van der Waals surface area contributed by atoms with E-state index in [-0.39, 0.29) is 27.4 Å². The van der Waals surface area contributed by atoms with Gasteiger partial charge < -0.3 is 0 Å². The van der Waals surface area contributed by atoms with E-state index in [4.69, 9.17) is 0 Å². The molecule has 0 aliphatic carbocycles. The summed E-state index contributed by atoms with van der Waals surface area (Å²) in [6.07, 6.45) is 2.56. The van der Waals surface area contributed by atoms with Crippen molar-refractivity contribution in [3.63, 3.8) is 0 Å². The summed E-state index contributed by atoms with van der Waals surface area (Å²) in [6, 6.07) is 0. The van der Waals surface area contributed by atoms with Gasteiger partial charge >= 0.3 is 0 Å². The zero-order valence-electron chi connectivity index (χ0n) is 8.90. The third-order valence-electron chi connectivity index (χ3n) is 2.47. The van der Waals surface area contributed by atoms with E-state index in [0.717, 1.165) is 0 Å². The van der Waals surface area contributed by atoms with Gasteiger partial charge in [0.25, 0.3) is 0 Å². The average molecular weight is 203 g/mol. The summed E-state index contributed by atoms with van der Waals surface area (Å²) in [5.41, 5.74) is 0.0410. The summed E-state index contributed by atoms with van der Waals surface area (Å²) in [6.45, 7) is 9.86. The van der Waals surface area contributed by atoms with Gasteiger partial charge in [0.05, 0.1) is 0 Å². The van der Waals surface area contributed by atoms with Crippen LogP contribution in [0.4, 0.5) is 4.39 Å². The second kappa shape index (κ2) is 4.04. The highest BCUT2D eigenvalue weighted by molar-refractivity contribution is 7.97. The fourth-order valence-corrected chi connectivity index (χ4v) is 5.25.